The minimum absolute atomic E-state index is 0.132. The number of nitrogens with zero attached hydrogens (tertiary/aromatic N) is 3. The first kappa shape index (κ1) is 24.5. The standard InChI is InChI=1S/C26H23ClN4O3S2/c1-31-23(19-12-18(19)15-6-4-3-5-7-15)29-30-26(31)36-14-21(32)28-24-22(25(33)34-2)20(13-35-24)16-8-10-17(27)11-9-16/h3-11,13,18-19H,12,14H2,1-2H3,(H,28,32). The van der Waals surface area contributed by atoms with Gasteiger partial charge in [-0.3, -0.25) is 4.79 Å². The van der Waals surface area contributed by atoms with Gasteiger partial charge in [-0.05, 0) is 35.6 Å². The number of methoxy groups -OCH3 is 1. The molecule has 1 amide bonds. The van der Waals surface area contributed by atoms with E-state index in [0.29, 0.717) is 38.1 Å². The predicted octanol–water partition coefficient (Wildman–Crippen LogP) is 5.99. The molecule has 4 aromatic rings. The van der Waals surface area contributed by atoms with E-state index in [4.69, 9.17) is 16.3 Å². The average molecular weight is 539 g/mol. The summed E-state index contributed by atoms with van der Waals surface area (Å²) in [6.45, 7) is 0. The van der Waals surface area contributed by atoms with Gasteiger partial charge in [-0.1, -0.05) is 65.8 Å². The quantitative estimate of drug-likeness (QED) is 0.219. The van der Waals surface area contributed by atoms with Gasteiger partial charge in [0.05, 0.1) is 12.9 Å². The molecule has 2 heterocycles. The van der Waals surface area contributed by atoms with Crippen LogP contribution in [0.15, 0.2) is 65.1 Å². The number of benzene rings is 2. The maximum Gasteiger partial charge on any atom is 0.341 e. The molecule has 0 aliphatic heterocycles. The third-order valence-electron chi connectivity index (χ3n) is 6.14. The van der Waals surface area contributed by atoms with Crippen molar-refractivity contribution in [2.24, 2.45) is 7.05 Å². The van der Waals surface area contributed by atoms with Gasteiger partial charge >= 0.3 is 5.97 Å². The number of carbonyl (C=O) groups is 2. The number of hydrogen-bond acceptors (Lipinski definition) is 7. The number of amides is 1. The third kappa shape index (κ3) is 5.04. The molecule has 184 valence electrons. The Morgan fingerprint density at radius 1 is 1.14 bits per heavy atom. The summed E-state index contributed by atoms with van der Waals surface area (Å²) in [5, 5.41) is 15.1. The van der Waals surface area contributed by atoms with Crippen LogP contribution in [0.25, 0.3) is 11.1 Å². The van der Waals surface area contributed by atoms with Crippen molar-refractivity contribution in [1.82, 2.24) is 14.8 Å². The van der Waals surface area contributed by atoms with Gasteiger partial charge in [-0.2, -0.15) is 0 Å². The number of aromatic nitrogens is 3. The summed E-state index contributed by atoms with van der Waals surface area (Å²) in [5.41, 5.74) is 3.13. The third-order valence-corrected chi connectivity index (χ3v) is 8.31. The Bertz CT molecular complexity index is 1400. The topological polar surface area (TPSA) is 86.1 Å². The number of ether oxygens (including phenoxy) is 1. The molecular formula is C26H23ClN4O3S2. The molecule has 1 saturated carbocycles. The first-order chi connectivity index (χ1) is 17.5. The fourth-order valence-electron chi connectivity index (χ4n) is 4.21. The van der Waals surface area contributed by atoms with Gasteiger partial charge in [0.1, 0.15) is 16.4 Å². The van der Waals surface area contributed by atoms with Gasteiger partial charge in [0.2, 0.25) is 5.91 Å². The van der Waals surface area contributed by atoms with Gasteiger partial charge in [0.25, 0.3) is 0 Å². The van der Waals surface area contributed by atoms with Crippen molar-refractivity contribution in [3.05, 3.63) is 82.0 Å². The Balaban J connectivity index is 1.25. The molecule has 1 aliphatic rings. The van der Waals surface area contributed by atoms with Crippen LogP contribution in [0, 0.1) is 0 Å². The van der Waals surface area contributed by atoms with E-state index < -0.39 is 5.97 Å². The molecule has 0 radical (unpaired) electrons. The first-order valence-corrected chi connectivity index (χ1v) is 13.5. The molecule has 1 fully saturated rings. The van der Waals surface area contributed by atoms with Crippen LogP contribution in [0.3, 0.4) is 0 Å². The summed E-state index contributed by atoms with van der Waals surface area (Å²) in [4.78, 5) is 25.3. The number of thioether (sulfide) groups is 1. The number of thiophene rings is 1. The zero-order chi connectivity index (χ0) is 25.2. The second-order valence-corrected chi connectivity index (χ2v) is 10.7. The van der Waals surface area contributed by atoms with E-state index in [1.54, 1.807) is 12.1 Å². The van der Waals surface area contributed by atoms with E-state index in [0.717, 1.165) is 17.8 Å². The smallest absolute Gasteiger partial charge is 0.341 e. The lowest BCUT2D eigenvalue weighted by molar-refractivity contribution is -0.113. The fourth-order valence-corrected chi connectivity index (χ4v) is 6.03. The molecule has 2 aromatic heterocycles. The molecule has 2 unspecified atom stereocenters. The number of rotatable bonds is 8. The van der Waals surface area contributed by atoms with E-state index in [1.807, 2.05) is 35.2 Å². The van der Waals surface area contributed by atoms with Crippen LogP contribution >= 0.6 is 34.7 Å². The summed E-state index contributed by atoms with van der Waals surface area (Å²) in [5.74, 6) is 1.11. The highest BCUT2D eigenvalue weighted by Crippen LogP contribution is 2.54. The Hall–Kier alpha value is -3.14. The van der Waals surface area contributed by atoms with Crippen molar-refractivity contribution in [3.8, 4) is 11.1 Å². The molecule has 2 aromatic carbocycles. The monoisotopic (exact) mass is 538 g/mol. The minimum atomic E-state index is -0.514. The van der Waals surface area contributed by atoms with Crippen LogP contribution < -0.4 is 5.32 Å². The molecular weight excluding hydrogens is 516 g/mol. The van der Waals surface area contributed by atoms with Crippen molar-refractivity contribution in [2.75, 3.05) is 18.2 Å². The molecule has 7 nitrogen and oxygen atoms in total. The summed E-state index contributed by atoms with van der Waals surface area (Å²) < 4.78 is 6.95. The molecule has 36 heavy (non-hydrogen) atoms. The van der Waals surface area contributed by atoms with Crippen LogP contribution in [-0.2, 0) is 16.6 Å². The molecule has 1 N–H and O–H groups in total. The average Bonchev–Trinajstić information content (AvgIpc) is 3.45. The normalized spacial score (nSPS) is 16.5. The first-order valence-electron chi connectivity index (χ1n) is 11.3. The highest BCUT2D eigenvalue weighted by Gasteiger charge is 2.42. The van der Waals surface area contributed by atoms with Crippen molar-refractivity contribution >= 4 is 51.6 Å². The van der Waals surface area contributed by atoms with E-state index in [9.17, 15) is 9.59 Å². The van der Waals surface area contributed by atoms with Crippen molar-refractivity contribution < 1.29 is 14.3 Å². The Labute approximate surface area is 221 Å². The Morgan fingerprint density at radius 2 is 1.89 bits per heavy atom. The van der Waals surface area contributed by atoms with E-state index in [-0.39, 0.29) is 11.7 Å². The van der Waals surface area contributed by atoms with Gasteiger partial charge in [0, 0.05) is 28.9 Å². The zero-order valence-corrected chi connectivity index (χ0v) is 22.0. The molecule has 0 saturated heterocycles. The van der Waals surface area contributed by atoms with Crippen LogP contribution in [0.4, 0.5) is 5.00 Å². The number of anilines is 1. The van der Waals surface area contributed by atoms with Crippen molar-refractivity contribution in [1.29, 1.82) is 0 Å². The summed E-state index contributed by atoms with van der Waals surface area (Å²) >= 11 is 8.59. The fraction of sp³-hybridized carbons (Fsp3) is 0.231. The predicted molar refractivity (Wildman–Crippen MR) is 143 cm³/mol. The van der Waals surface area contributed by atoms with Crippen LogP contribution in [0.5, 0.6) is 0 Å². The summed E-state index contributed by atoms with van der Waals surface area (Å²) in [7, 11) is 3.25. The van der Waals surface area contributed by atoms with Gasteiger partial charge < -0.3 is 14.6 Å². The lowest BCUT2D eigenvalue weighted by Crippen LogP contribution is -2.16. The highest BCUT2D eigenvalue weighted by atomic mass is 35.5. The van der Waals surface area contributed by atoms with Gasteiger partial charge in [0.15, 0.2) is 5.16 Å². The van der Waals surface area contributed by atoms with Gasteiger partial charge in [-0.25, -0.2) is 4.79 Å². The molecule has 5 rings (SSSR count). The lowest BCUT2D eigenvalue weighted by atomic mass is 10.0. The van der Waals surface area contributed by atoms with Gasteiger partial charge in [-0.15, -0.1) is 21.5 Å². The van der Waals surface area contributed by atoms with E-state index in [1.165, 1.54) is 35.8 Å². The zero-order valence-electron chi connectivity index (χ0n) is 19.6. The number of nitrogens with one attached hydrogen (secondary N) is 1. The SMILES string of the molecule is COC(=O)c1c(-c2ccc(Cl)cc2)csc1NC(=O)CSc1nnc(C2CC2c2ccccc2)n1C. The number of esters is 1. The minimum Gasteiger partial charge on any atom is -0.465 e. The molecule has 10 heteroatoms. The van der Waals surface area contributed by atoms with E-state index >= 15 is 0 Å². The Morgan fingerprint density at radius 3 is 2.61 bits per heavy atom. The Kier molecular flexibility index (Phi) is 7.13. The summed E-state index contributed by atoms with van der Waals surface area (Å²) in [6.07, 6.45) is 1.05. The molecule has 0 spiro atoms. The number of hydrogen-bond donors (Lipinski definition) is 1. The highest BCUT2D eigenvalue weighted by molar-refractivity contribution is 7.99. The van der Waals surface area contributed by atoms with Crippen molar-refractivity contribution in [2.45, 2.75) is 23.4 Å². The van der Waals surface area contributed by atoms with Crippen LogP contribution in [0.2, 0.25) is 5.02 Å². The van der Waals surface area contributed by atoms with Crippen LogP contribution in [-0.4, -0.2) is 39.5 Å². The maximum atomic E-state index is 12.8. The summed E-state index contributed by atoms with van der Waals surface area (Å²) in [6, 6.07) is 17.6. The second kappa shape index (κ2) is 10.5. The molecule has 1 aliphatic carbocycles. The molecule has 0 bridgehead atoms. The lowest BCUT2D eigenvalue weighted by Gasteiger charge is -2.08. The largest absolute Gasteiger partial charge is 0.465 e. The molecule has 2 atom stereocenters. The number of halogens is 1. The maximum absolute atomic E-state index is 12.8. The van der Waals surface area contributed by atoms with Crippen molar-refractivity contribution in [3.63, 3.8) is 0 Å². The van der Waals surface area contributed by atoms with Crippen LogP contribution in [0.1, 0.15) is 40.0 Å². The van der Waals surface area contributed by atoms with E-state index in [2.05, 4.69) is 39.8 Å². The second-order valence-electron chi connectivity index (χ2n) is 8.45. The number of carbonyl (C=O) groups excluding carboxylic acids is 2.